The third-order valence-corrected chi connectivity index (χ3v) is 5.24. The van der Waals surface area contributed by atoms with Crippen molar-refractivity contribution in [1.82, 2.24) is 9.80 Å². The first-order valence-electron chi connectivity index (χ1n) is 8.05. The van der Waals surface area contributed by atoms with Crippen LogP contribution in [0.4, 0.5) is 4.79 Å². The van der Waals surface area contributed by atoms with E-state index in [0.29, 0.717) is 23.1 Å². The van der Waals surface area contributed by atoms with Crippen LogP contribution in [-0.4, -0.2) is 75.5 Å². The Morgan fingerprint density at radius 2 is 1.96 bits per heavy atom. The molecule has 2 heterocycles. The molecule has 26 heavy (non-hydrogen) atoms. The number of hydrogen-bond acceptors (Lipinski definition) is 5. The first-order chi connectivity index (χ1) is 12.5. The third-order valence-electron chi connectivity index (χ3n) is 4.25. The largest absolute Gasteiger partial charge is 0.358 e. The molecular formula is C18H19N4O3S+. The molecule has 8 heteroatoms. The first kappa shape index (κ1) is 18.1. The van der Waals surface area contributed by atoms with Crippen molar-refractivity contribution in [2.45, 2.75) is 6.04 Å². The van der Waals surface area contributed by atoms with Crippen LogP contribution in [0.3, 0.4) is 0 Å². The van der Waals surface area contributed by atoms with Gasteiger partial charge >= 0.3 is 11.2 Å². The van der Waals surface area contributed by atoms with Gasteiger partial charge in [-0.05, 0) is 16.8 Å². The van der Waals surface area contributed by atoms with E-state index in [1.807, 2.05) is 18.2 Å². The van der Waals surface area contributed by atoms with Gasteiger partial charge in [-0.3, -0.25) is 19.4 Å². The molecule has 1 unspecified atom stereocenters. The summed E-state index contributed by atoms with van der Waals surface area (Å²) in [7, 11) is 3.04. The minimum absolute atomic E-state index is 0.0235. The van der Waals surface area contributed by atoms with E-state index in [0.717, 1.165) is 4.90 Å². The standard InChI is InChI=1S/C18H19N4O3S/c1-4-10-22-14-15(20(2)18(25)21(3)16(14)24)19-17(22)26-11-13(23)12-8-6-5-7-9-12/h4-9,14H,1,10-11H2,2-3H3/q+1. The summed E-state index contributed by atoms with van der Waals surface area (Å²) in [6, 6.07) is 7.92. The summed E-state index contributed by atoms with van der Waals surface area (Å²) in [6.45, 7) is 4.12. The molecule has 0 aliphatic carbocycles. The Balaban J connectivity index is 1.86. The number of hydrogen-bond donors (Lipinski definition) is 0. The molecule has 0 bridgehead atoms. The predicted molar refractivity (Wildman–Crippen MR) is 101 cm³/mol. The molecular weight excluding hydrogens is 352 g/mol. The number of urea groups is 1. The highest BCUT2D eigenvalue weighted by Crippen LogP contribution is 2.23. The highest BCUT2D eigenvalue weighted by Gasteiger charge is 2.52. The highest BCUT2D eigenvalue weighted by molar-refractivity contribution is 8.14. The second kappa shape index (κ2) is 7.25. The van der Waals surface area contributed by atoms with E-state index in [2.05, 4.69) is 11.6 Å². The van der Waals surface area contributed by atoms with Crippen LogP contribution in [-0.2, 0) is 4.79 Å². The van der Waals surface area contributed by atoms with Gasteiger partial charge in [0, 0.05) is 19.7 Å². The van der Waals surface area contributed by atoms with Gasteiger partial charge in [0.15, 0.2) is 5.78 Å². The predicted octanol–water partition coefficient (Wildman–Crippen LogP) is 1.46. The minimum atomic E-state index is -0.671. The number of benzene rings is 1. The average molecular weight is 371 g/mol. The molecule has 1 aromatic rings. The Kier molecular flexibility index (Phi) is 5.03. The van der Waals surface area contributed by atoms with Crippen molar-refractivity contribution in [2.24, 2.45) is 4.99 Å². The number of Topliss-reactive ketones (excluding diaryl/α,β-unsaturated/α-hetero) is 1. The number of fused-ring (bicyclic) bond motifs is 1. The molecule has 7 nitrogen and oxygen atoms in total. The molecule has 2 aliphatic rings. The molecule has 2 aliphatic heterocycles. The number of likely N-dealkylation sites (N-methyl/N-ethyl adjacent to an activating group) is 2. The monoisotopic (exact) mass is 371 g/mol. The molecule has 3 amide bonds. The van der Waals surface area contributed by atoms with Crippen LogP contribution < -0.4 is 0 Å². The van der Waals surface area contributed by atoms with Crippen molar-refractivity contribution in [1.29, 1.82) is 0 Å². The van der Waals surface area contributed by atoms with E-state index in [4.69, 9.17) is 0 Å². The zero-order valence-electron chi connectivity index (χ0n) is 14.6. The van der Waals surface area contributed by atoms with Crippen LogP contribution in [0.15, 0.2) is 48.0 Å². The fourth-order valence-electron chi connectivity index (χ4n) is 2.85. The normalized spacial score (nSPS) is 19.6. The summed E-state index contributed by atoms with van der Waals surface area (Å²) in [6.07, 6.45) is 1.67. The van der Waals surface area contributed by atoms with E-state index in [1.165, 1.54) is 23.7 Å². The second-order valence-electron chi connectivity index (χ2n) is 5.91. The molecule has 0 spiro atoms. The van der Waals surface area contributed by atoms with Crippen molar-refractivity contribution in [2.75, 3.05) is 26.4 Å². The average Bonchev–Trinajstić information content (AvgIpc) is 3.02. The Labute approximate surface area is 155 Å². The minimum Gasteiger partial charge on any atom is -0.293 e. The van der Waals surface area contributed by atoms with Crippen LogP contribution in [0.25, 0.3) is 0 Å². The summed E-state index contributed by atoms with van der Waals surface area (Å²) < 4.78 is 1.77. The topological polar surface area (TPSA) is 73.1 Å². The van der Waals surface area contributed by atoms with E-state index in [-0.39, 0.29) is 17.4 Å². The van der Waals surface area contributed by atoms with E-state index in [1.54, 1.807) is 29.8 Å². The summed E-state index contributed by atoms with van der Waals surface area (Å²) in [5, 5.41) is 0.539. The van der Waals surface area contributed by atoms with Crippen LogP contribution in [0.2, 0.25) is 0 Å². The van der Waals surface area contributed by atoms with Crippen LogP contribution >= 0.6 is 11.8 Å². The van der Waals surface area contributed by atoms with Gasteiger partial charge in [0.25, 0.3) is 17.8 Å². The molecule has 1 saturated heterocycles. The number of amides is 3. The molecule has 0 radical (unpaired) electrons. The Bertz CT molecular complexity index is 847. The van der Waals surface area contributed by atoms with Crippen molar-refractivity contribution in [3.05, 3.63) is 48.6 Å². The molecule has 1 fully saturated rings. The number of amidine groups is 2. The maximum atomic E-state index is 12.6. The third kappa shape index (κ3) is 3.08. The van der Waals surface area contributed by atoms with Gasteiger partial charge in [0.1, 0.15) is 6.54 Å². The molecule has 3 rings (SSSR count). The van der Waals surface area contributed by atoms with Gasteiger partial charge in [0.05, 0.1) is 5.75 Å². The molecule has 0 saturated carbocycles. The molecule has 0 N–H and O–H groups in total. The fraction of sp³-hybridized carbons (Fsp3) is 0.278. The van der Waals surface area contributed by atoms with Crippen LogP contribution in [0.1, 0.15) is 10.4 Å². The summed E-state index contributed by atoms with van der Waals surface area (Å²) in [5.41, 5.74) is 0.627. The highest BCUT2D eigenvalue weighted by atomic mass is 32.2. The number of rotatable bonds is 5. The van der Waals surface area contributed by atoms with E-state index in [9.17, 15) is 14.4 Å². The Morgan fingerprint density at radius 3 is 2.62 bits per heavy atom. The molecule has 1 aromatic carbocycles. The van der Waals surface area contributed by atoms with Gasteiger partial charge in [0.2, 0.25) is 0 Å². The Hall–Kier alpha value is -2.74. The lowest BCUT2D eigenvalue weighted by molar-refractivity contribution is -0.522. The second-order valence-corrected chi connectivity index (χ2v) is 6.86. The van der Waals surface area contributed by atoms with Crippen molar-refractivity contribution >= 4 is 40.5 Å². The number of carbonyl (C=O) groups is 3. The quantitative estimate of drug-likeness (QED) is 0.446. The summed E-state index contributed by atoms with van der Waals surface area (Å²) in [5.74, 6) is 0.218. The van der Waals surface area contributed by atoms with E-state index >= 15 is 0 Å². The zero-order chi connectivity index (χ0) is 18.8. The molecule has 134 valence electrons. The summed E-state index contributed by atoms with van der Waals surface area (Å²) in [4.78, 5) is 44.0. The van der Waals surface area contributed by atoms with Gasteiger partial charge in [-0.2, -0.15) is 0 Å². The van der Waals surface area contributed by atoms with Gasteiger partial charge in [-0.25, -0.2) is 9.37 Å². The van der Waals surface area contributed by atoms with Crippen molar-refractivity contribution in [3.8, 4) is 0 Å². The smallest absolute Gasteiger partial charge is 0.293 e. The van der Waals surface area contributed by atoms with Gasteiger partial charge in [-0.1, -0.05) is 43.0 Å². The van der Waals surface area contributed by atoms with Crippen LogP contribution in [0, 0.1) is 0 Å². The number of carbonyl (C=O) groups excluding carboxylic acids is 3. The van der Waals surface area contributed by atoms with Crippen molar-refractivity contribution < 1.29 is 19.0 Å². The summed E-state index contributed by atoms with van der Waals surface area (Å²) >= 11 is 1.26. The molecule has 0 aromatic heterocycles. The first-order valence-corrected chi connectivity index (χ1v) is 9.03. The van der Waals surface area contributed by atoms with Crippen LogP contribution in [0.5, 0.6) is 0 Å². The van der Waals surface area contributed by atoms with E-state index < -0.39 is 12.1 Å². The molecule has 1 atom stereocenters. The number of thioether (sulfide) groups is 1. The lowest BCUT2D eigenvalue weighted by Crippen LogP contribution is -2.61. The Morgan fingerprint density at radius 1 is 1.27 bits per heavy atom. The van der Waals surface area contributed by atoms with Gasteiger partial charge in [-0.15, -0.1) is 0 Å². The maximum Gasteiger partial charge on any atom is 0.358 e. The van der Waals surface area contributed by atoms with Gasteiger partial charge < -0.3 is 0 Å². The zero-order valence-corrected chi connectivity index (χ0v) is 15.4. The SMILES string of the molecule is C=CC[N+]1=C(SCC(=O)c2ccccc2)N=C2C1C(=O)N(C)C(=O)N2C. The number of aliphatic imine (C=N–C) groups is 1. The maximum absolute atomic E-state index is 12.6. The number of nitrogens with zero attached hydrogens (tertiary/aromatic N) is 4. The lowest BCUT2D eigenvalue weighted by Gasteiger charge is -2.30. The fourth-order valence-corrected chi connectivity index (χ4v) is 3.78. The lowest BCUT2D eigenvalue weighted by atomic mass is 10.1. The number of imide groups is 1. The number of ketones is 1. The van der Waals surface area contributed by atoms with Crippen molar-refractivity contribution in [3.63, 3.8) is 0 Å².